The Balaban J connectivity index is 1.45. The molecular weight excluding hydrogens is 388 g/mol. The lowest BCUT2D eigenvalue weighted by Gasteiger charge is -2.29. The largest absolute Gasteiger partial charge is 0.467 e. The van der Waals surface area contributed by atoms with E-state index >= 15 is 0 Å². The number of likely N-dealkylation sites (tertiary alicyclic amines) is 1. The molecule has 1 atom stereocenters. The second-order valence-electron chi connectivity index (χ2n) is 7.61. The predicted molar refractivity (Wildman–Crippen MR) is 110 cm³/mol. The van der Waals surface area contributed by atoms with Crippen LogP contribution in [-0.2, 0) is 32.0 Å². The Hall–Kier alpha value is -2.54. The molecule has 1 aromatic rings. The van der Waals surface area contributed by atoms with Gasteiger partial charge in [0, 0.05) is 24.6 Å². The average Bonchev–Trinajstić information content (AvgIpc) is 3.39. The molecular formula is C22H24N2O4S. The van der Waals surface area contributed by atoms with Crippen LogP contribution < -0.4 is 0 Å². The van der Waals surface area contributed by atoms with Gasteiger partial charge >= 0.3 is 5.97 Å². The molecule has 3 aliphatic rings. The van der Waals surface area contributed by atoms with Crippen LogP contribution >= 0.6 is 11.8 Å². The fraction of sp³-hybridized carbons (Fsp3) is 0.409. The summed E-state index contributed by atoms with van der Waals surface area (Å²) in [5.74, 6) is -0.545. The van der Waals surface area contributed by atoms with Crippen LogP contribution in [-0.4, -0.2) is 47.3 Å². The molecule has 1 aromatic carbocycles. The number of methoxy groups -OCH3 is 1. The van der Waals surface area contributed by atoms with Crippen molar-refractivity contribution in [3.8, 4) is 0 Å². The predicted octanol–water partition coefficient (Wildman–Crippen LogP) is 2.84. The number of amides is 2. The Bertz CT molecular complexity index is 870. The number of hydrogen-bond acceptors (Lipinski definition) is 5. The fourth-order valence-corrected chi connectivity index (χ4v) is 5.00. The second-order valence-corrected chi connectivity index (χ2v) is 8.39. The van der Waals surface area contributed by atoms with Crippen molar-refractivity contribution in [3.05, 3.63) is 58.1 Å². The molecule has 1 aliphatic carbocycles. The molecule has 1 saturated heterocycles. The molecule has 1 fully saturated rings. The van der Waals surface area contributed by atoms with Crippen molar-refractivity contribution in [2.24, 2.45) is 5.92 Å². The van der Waals surface area contributed by atoms with Gasteiger partial charge in [-0.1, -0.05) is 24.3 Å². The van der Waals surface area contributed by atoms with Crippen LogP contribution in [0.25, 0.3) is 0 Å². The molecule has 2 aliphatic heterocycles. The Labute approximate surface area is 174 Å². The number of esters is 1. The molecule has 0 spiro atoms. The average molecular weight is 413 g/mol. The minimum absolute atomic E-state index is 0.0900. The van der Waals surface area contributed by atoms with E-state index in [0.29, 0.717) is 25.1 Å². The number of hydrogen-bond donors (Lipinski definition) is 0. The van der Waals surface area contributed by atoms with Gasteiger partial charge in [0.15, 0.2) is 0 Å². The smallest absolute Gasteiger partial charge is 0.328 e. The molecule has 0 unspecified atom stereocenters. The van der Waals surface area contributed by atoms with Crippen LogP contribution in [0.15, 0.2) is 47.0 Å². The van der Waals surface area contributed by atoms with Gasteiger partial charge < -0.3 is 9.64 Å². The van der Waals surface area contributed by atoms with Crippen molar-refractivity contribution in [2.75, 3.05) is 13.7 Å². The number of carbonyl (C=O) groups excluding carboxylic acids is 3. The van der Waals surface area contributed by atoms with E-state index in [9.17, 15) is 14.4 Å². The second kappa shape index (κ2) is 8.45. The summed E-state index contributed by atoms with van der Waals surface area (Å²) in [6, 6.07) is 7.71. The van der Waals surface area contributed by atoms with Gasteiger partial charge in [-0.15, -0.1) is 11.8 Å². The summed E-state index contributed by atoms with van der Waals surface area (Å²) in [6.07, 6.45) is 5.15. The maximum Gasteiger partial charge on any atom is 0.328 e. The quantitative estimate of drug-likeness (QED) is 0.712. The fourth-order valence-electron chi connectivity index (χ4n) is 4.39. The summed E-state index contributed by atoms with van der Waals surface area (Å²) in [7, 11) is 1.33. The number of carbonyl (C=O) groups is 3. The minimum atomic E-state index is -0.578. The third kappa shape index (κ3) is 3.96. The lowest BCUT2D eigenvalue weighted by Crippen LogP contribution is -2.45. The van der Waals surface area contributed by atoms with Gasteiger partial charge in [0.25, 0.3) is 5.91 Å². The van der Waals surface area contributed by atoms with Crippen molar-refractivity contribution in [3.63, 3.8) is 0 Å². The zero-order valence-corrected chi connectivity index (χ0v) is 17.2. The highest BCUT2D eigenvalue weighted by Crippen LogP contribution is 2.31. The van der Waals surface area contributed by atoms with Gasteiger partial charge in [-0.25, -0.2) is 4.79 Å². The molecule has 7 heteroatoms. The van der Waals surface area contributed by atoms with Crippen molar-refractivity contribution >= 4 is 29.5 Å². The van der Waals surface area contributed by atoms with Gasteiger partial charge in [0.1, 0.15) is 11.7 Å². The third-order valence-corrected chi connectivity index (χ3v) is 6.44. The normalized spacial score (nSPS) is 21.1. The number of nitrogens with zero attached hydrogens (tertiary/aromatic N) is 2. The molecule has 2 heterocycles. The highest BCUT2D eigenvalue weighted by Gasteiger charge is 2.38. The molecule has 2 amide bonds. The molecule has 0 bridgehead atoms. The van der Waals surface area contributed by atoms with Crippen LogP contribution in [0.3, 0.4) is 0 Å². The van der Waals surface area contributed by atoms with Crippen LogP contribution in [0.5, 0.6) is 0 Å². The lowest BCUT2D eigenvalue weighted by atomic mass is 10.0. The van der Waals surface area contributed by atoms with Crippen molar-refractivity contribution in [2.45, 2.75) is 38.1 Å². The first kappa shape index (κ1) is 19.8. The summed E-state index contributed by atoms with van der Waals surface area (Å²) in [5.41, 5.74) is 2.92. The molecule has 0 radical (unpaired) electrons. The third-order valence-electron chi connectivity index (χ3n) is 5.80. The zero-order valence-electron chi connectivity index (χ0n) is 16.4. The van der Waals surface area contributed by atoms with Gasteiger partial charge in [-0.3, -0.25) is 14.5 Å². The van der Waals surface area contributed by atoms with Crippen molar-refractivity contribution < 1.29 is 19.1 Å². The van der Waals surface area contributed by atoms with Crippen LogP contribution in [0, 0.1) is 5.92 Å². The number of ether oxygens (including phenoxy) is 1. The number of fused-ring (bicyclic) bond motifs is 1. The first-order valence-corrected chi connectivity index (χ1v) is 10.8. The summed E-state index contributed by atoms with van der Waals surface area (Å²) < 4.78 is 4.84. The van der Waals surface area contributed by atoms with Crippen LogP contribution in [0.2, 0.25) is 0 Å². The number of rotatable bonds is 4. The Morgan fingerprint density at radius 3 is 2.59 bits per heavy atom. The van der Waals surface area contributed by atoms with E-state index in [0.717, 1.165) is 19.3 Å². The Kier molecular flexibility index (Phi) is 5.76. The highest BCUT2D eigenvalue weighted by molar-refractivity contribution is 8.05. The molecule has 0 saturated carbocycles. The molecule has 29 heavy (non-hydrogen) atoms. The van der Waals surface area contributed by atoms with Gasteiger partial charge in [0.2, 0.25) is 5.91 Å². The standard InChI is InChI=1S/C22H24N2O4S/c1-28-22(27)18-7-4-8-24(18)21(26)19-14-29-10-9-23(19)20(25)13-15-11-16-5-2-3-6-17(16)12-15/h2-3,5-6,9-10,14-15,18H,4,7-8,11-13H2,1H3/t18-/m0/s1. The first-order chi connectivity index (χ1) is 14.1. The van der Waals surface area contributed by atoms with Gasteiger partial charge in [0.05, 0.1) is 7.11 Å². The minimum Gasteiger partial charge on any atom is -0.467 e. The molecule has 0 N–H and O–H groups in total. The van der Waals surface area contributed by atoms with Gasteiger partial charge in [-0.05, 0) is 48.1 Å². The summed E-state index contributed by atoms with van der Waals surface area (Å²) in [6.45, 7) is 0.490. The van der Waals surface area contributed by atoms with E-state index < -0.39 is 12.0 Å². The van der Waals surface area contributed by atoms with Crippen LogP contribution in [0.1, 0.15) is 30.4 Å². The van der Waals surface area contributed by atoms with Crippen LogP contribution in [0.4, 0.5) is 0 Å². The Morgan fingerprint density at radius 1 is 1.17 bits per heavy atom. The maximum atomic E-state index is 13.2. The zero-order chi connectivity index (χ0) is 20.4. The highest BCUT2D eigenvalue weighted by atomic mass is 32.2. The summed E-state index contributed by atoms with van der Waals surface area (Å²) in [4.78, 5) is 41.3. The molecule has 4 rings (SSSR count). The van der Waals surface area contributed by atoms with E-state index in [1.807, 2.05) is 12.1 Å². The number of benzene rings is 1. The number of thioether (sulfide) groups is 1. The van der Waals surface area contributed by atoms with Crippen molar-refractivity contribution in [1.29, 1.82) is 0 Å². The van der Waals surface area contributed by atoms with E-state index in [-0.39, 0.29) is 17.7 Å². The van der Waals surface area contributed by atoms with E-state index in [1.165, 1.54) is 39.8 Å². The molecule has 6 nitrogen and oxygen atoms in total. The topological polar surface area (TPSA) is 66.9 Å². The van der Waals surface area contributed by atoms with E-state index in [1.54, 1.807) is 17.0 Å². The van der Waals surface area contributed by atoms with E-state index in [2.05, 4.69) is 12.1 Å². The lowest BCUT2D eigenvalue weighted by molar-refractivity contribution is -0.150. The molecule has 152 valence electrons. The van der Waals surface area contributed by atoms with E-state index in [4.69, 9.17) is 4.74 Å². The van der Waals surface area contributed by atoms with Gasteiger partial charge in [-0.2, -0.15) is 0 Å². The maximum absolute atomic E-state index is 13.2. The summed E-state index contributed by atoms with van der Waals surface area (Å²) in [5, 5.41) is 3.48. The Morgan fingerprint density at radius 2 is 1.90 bits per heavy atom. The SMILES string of the molecule is COC(=O)[C@@H]1CCCN1C(=O)C1=CSC=CN1C(=O)CC1Cc2ccccc2C1. The monoisotopic (exact) mass is 412 g/mol. The molecule has 0 aromatic heterocycles. The summed E-state index contributed by atoms with van der Waals surface area (Å²) >= 11 is 1.36. The van der Waals surface area contributed by atoms with Crippen molar-refractivity contribution in [1.82, 2.24) is 9.80 Å². The first-order valence-electron chi connectivity index (χ1n) is 9.88.